The molecule has 0 aliphatic carbocycles. The van der Waals surface area contributed by atoms with Crippen molar-refractivity contribution in [2.24, 2.45) is 17.4 Å². The van der Waals surface area contributed by atoms with Gasteiger partial charge in [-0.25, -0.2) is 4.98 Å². The Hall–Kier alpha value is -3.36. The second-order valence-corrected chi connectivity index (χ2v) is 15.3. The molecule has 0 fully saturated rings. The Morgan fingerprint density at radius 2 is 1.36 bits per heavy atom. The third kappa shape index (κ3) is 27.0. The standard InChI is InChI=1S/C41H75N7O7.H2/c1-4-5-6-7-8-9-10-11-12-13-14-15-16-17-18-22-37(50)46-24-25-54-26-27-55-31-38(51)45-23-20-19-21-33(39(43)52)28-36(49)41(2,3)48-40(53)35(42)29-34-30-44-32-47-34;/h30,32-33,35H,4-29,31,42H2,1-3H3,(H2,43,52)(H,44,47)(H,45,51)(H,46,50)(H,48,53);1H/t33?,35-;/m0./s1. The number of imidazole rings is 1. The fraction of sp³-hybridized carbons (Fsp3) is 0.805. The Morgan fingerprint density at radius 3 is 1.95 bits per heavy atom. The summed E-state index contributed by atoms with van der Waals surface area (Å²) in [6, 6.07) is -0.878. The molecule has 0 aliphatic heterocycles. The molecular weight excluding hydrogens is 702 g/mol. The Morgan fingerprint density at radius 1 is 0.782 bits per heavy atom. The number of ketones is 1. The number of aromatic nitrogens is 2. The largest absolute Gasteiger partial charge is 0.377 e. The predicted molar refractivity (Wildman–Crippen MR) is 218 cm³/mol. The highest BCUT2D eigenvalue weighted by Gasteiger charge is 2.33. The van der Waals surface area contributed by atoms with Crippen molar-refractivity contribution in [2.75, 3.05) is 39.5 Å². The van der Waals surface area contributed by atoms with Crippen LogP contribution in [0.15, 0.2) is 12.5 Å². The molecule has 318 valence electrons. The van der Waals surface area contributed by atoms with E-state index in [1.807, 2.05) is 0 Å². The van der Waals surface area contributed by atoms with Gasteiger partial charge < -0.3 is 41.9 Å². The van der Waals surface area contributed by atoms with Gasteiger partial charge in [0.05, 0.1) is 37.7 Å². The van der Waals surface area contributed by atoms with Crippen LogP contribution < -0.4 is 27.4 Å². The molecule has 0 saturated carbocycles. The SMILES string of the molecule is CCCCCCCCCCCCCCCCCC(=O)NCCOCCOCC(=O)NCCCCC(CC(=O)C(C)(C)NC(=O)[C@@H](N)Cc1cnc[nH]1)C(N)=O.[HH]. The van der Waals surface area contributed by atoms with Crippen molar-refractivity contribution in [3.63, 3.8) is 0 Å². The van der Waals surface area contributed by atoms with Gasteiger partial charge >= 0.3 is 0 Å². The second-order valence-electron chi connectivity index (χ2n) is 15.3. The molecule has 14 nitrogen and oxygen atoms in total. The number of nitrogens with zero attached hydrogens (tertiary/aromatic N) is 1. The molecule has 55 heavy (non-hydrogen) atoms. The number of nitrogens with two attached hydrogens (primary N) is 2. The van der Waals surface area contributed by atoms with Gasteiger partial charge in [0.1, 0.15) is 6.61 Å². The van der Waals surface area contributed by atoms with Gasteiger partial charge in [-0.1, -0.05) is 103 Å². The van der Waals surface area contributed by atoms with Crippen molar-refractivity contribution in [3.8, 4) is 0 Å². The van der Waals surface area contributed by atoms with Gasteiger partial charge in [0.25, 0.3) is 0 Å². The number of unbranched alkanes of at least 4 members (excludes halogenated alkanes) is 15. The van der Waals surface area contributed by atoms with Crippen molar-refractivity contribution in [3.05, 3.63) is 18.2 Å². The summed E-state index contributed by atoms with van der Waals surface area (Å²) in [6.07, 6.45) is 24.8. The summed E-state index contributed by atoms with van der Waals surface area (Å²) < 4.78 is 10.9. The first-order chi connectivity index (χ1) is 26.5. The molecule has 0 bridgehead atoms. The highest BCUT2D eigenvalue weighted by atomic mass is 16.5. The Bertz CT molecular complexity index is 1190. The zero-order valence-electron chi connectivity index (χ0n) is 34.4. The first-order valence-electron chi connectivity index (χ1n) is 21.0. The first-order valence-corrected chi connectivity index (χ1v) is 21.0. The highest BCUT2D eigenvalue weighted by Crippen LogP contribution is 2.18. The number of primary amides is 1. The van der Waals surface area contributed by atoms with Gasteiger partial charge in [0.2, 0.25) is 23.6 Å². The average molecular weight is 780 g/mol. The second kappa shape index (κ2) is 31.8. The van der Waals surface area contributed by atoms with Crippen LogP contribution in [0, 0.1) is 5.92 Å². The minimum Gasteiger partial charge on any atom is -0.377 e. The number of rotatable bonds is 37. The monoisotopic (exact) mass is 780 g/mol. The number of amides is 4. The van der Waals surface area contributed by atoms with E-state index in [2.05, 4.69) is 32.8 Å². The number of aromatic amines is 1. The van der Waals surface area contributed by atoms with Gasteiger partial charge in [-0.15, -0.1) is 0 Å². The van der Waals surface area contributed by atoms with E-state index in [0.29, 0.717) is 57.7 Å². The number of nitrogens with one attached hydrogen (secondary N) is 4. The maximum Gasteiger partial charge on any atom is 0.245 e. The normalized spacial score (nSPS) is 12.6. The van der Waals surface area contributed by atoms with Crippen LogP contribution in [-0.2, 0) is 39.9 Å². The zero-order valence-corrected chi connectivity index (χ0v) is 34.4. The number of carbonyl (C=O) groups is 5. The van der Waals surface area contributed by atoms with Gasteiger partial charge in [-0.2, -0.15) is 0 Å². The van der Waals surface area contributed by atoms with Crippen molar-refractivity contribution >= 4 is 29.4 Å². The molecular formula is C41H77N7O7. The fourth-order valence-corrected chi connectivity index (χ4v) is 6.21. The number of hydrogen-bond donors (Lipinski definition) is 6. The van der Waals surface area contributed by atoms with Crippen LogP contribution in [0.1, 0.15) is 156 Å². The van der Waals surface area contributed by atoms with E-state index in [0.717, 1.165) is 12.8 Å². The molecule has 0 saturated heterocycles. The summed E-state index contributed by atoms with van der Waals surface area (Å²) in [5.41, 5.74) is 11.0. The van der Waals surface area contributed by atoms with Crippen molar-refractivity contribution in [1.82, 2.24) is 25.9 Å². The molecule has 0 spiro atoms. The van der Waals surface area contributed by atoms with Crippen molar-refractivity contribution in [1.29, 1.82) is 0 Å². The molecule has 14 heteroatoms. The van der Waals surface area contributed by atoms with Crippen molar-refractivity contribution < 1.29 is 34.9 Å². The molecule has 1 aromatic rings. The molecule has 0 radical (unpaired) electrons. The molecule has 1 rings (SSSR count). The zero-order chi connectivity index (χ0) is 40.6. The third-order valence-electron chi connectivity index (χ3n) is 9.78. The number of hydrogen-bond acceptors (Lipinski definition) is 9. The minimum atomic E-state index is -1.24. The fourth-order valence-electron chi connectivity index (χ4n) is 6.21. The summed E-state index contributed by atoms with van der Waals surface area (Å²) in [7, 11) is 0. The lowest BCUT2D eigenvalue weighted by Crippen LogP contribution is -2.55. The van der Waals surface area contributed by atoms with E-state index in [4.69, 9.17) is 20.9 Å². The van der Waals surface area contributed by atoms with Crippen LogP contribution in [0.3, 0.4) is 0 Å². The number of H-pyrrole nitrogens is 1. The Kier molecular flexibility index (Phi) is 28.7. The van der Waals surface area contributed by atoms with E-state index in [1.54, 1.807) is 20.0 Å². The summed E-state index contributed by atoms with van der Waals surface area (Å²) in [5, 5.41) is 8.33. The number of carbonyl (C=O) groups excluding carboxylic acids is 5. The third-order valence-corrected chi connectivity index (χ3v) is 9.78. The molecule has 1 heterocycles. The summed E-state index contributed by atoms with van der Waals surface area (Å²) in [5.74, 6) is -2.33. The minimum absolute atomic E-state index is 0. The number of ether oxygens (including phenoxy) is 2. The average Bonchev–Trinajstić information content (AvgIpc) is 3.66. The lowest BCUT2D eigenvalue weighted by molar-refractivity contribution is -0.134. The smallest absolute Gasteiger partial charge is 0.245 e. The van der Waals surface area contributed by atoms with Crippen molar-refractivity contribution in [2.45, 2.75) is 167 Å². The van der Waals surface area contributed by atoms with Crippen LogP contribution in [0.5, 0.6) is 0 Å². The summed E-state index contributed by atoms with van der Waals surface area (Å²) in [4.78, 5) is 68.6. The lowest BCUT2D eigenvalue weighted by Gasteiger charge is -2.28. The summed E-state index contributed by atoms with van der Waals surface area (Å²) >= 11 is 0. The Labute approximate surface area is 332 Å². The van der Waals surface area contributed by atoms with E-state index in [1.165, 1.54) is 89.8 Å². The van der Waals surface area contributed by atoms with Gasteiger partial charge in [0, 0.05) is 51.6 Å². The molecule has 1 unspecified atom stereocenters. The molecule has 8 N–H and O–H groups in total. The van der Waals surface area contributed by atoms with Gasteiger partial charge in [0.15, 0.2) is 5.78 Å². The first kappa shape index (κ1) is 49.7. The maximum absolute atomic E-state index is 13.0. The molecule has 2 atom stereocenters. The lowest BCUT2D eigenvalue weighted by atomic mass is 9.87. The van der Waals surface area contributed by atoms with Crippen LogP contribution in [-0.4, -0.2) is 90.5 Å². The number of Topliss-reactive ketones (excluding diaryl/α,β-unsaturated/α-hetero) is 1. The highest BCUT2D eigenvalue weighted by molar-refractivity contribution is 5.95. The topological polar surface area (TPSA) is 221 Å². The quantitative estimate of drug-likeness (QED) is 0.0490. The summed E-state index contributed by atoms with van der Waals surface area (Å²) in [6.45, 7) is 7.07. The van der Waals surface area contributed by atoms with Crippen LogP contribution >= 0.6 is 0 Å². The van der Waals surface area contributed by atoms with Gasteiger partial charge in [-0.3, -0.25) is 24.0 Å². The van der Waals surface area contributed by atoms with E-state index in [9.17, 15) is 24.0 Å². The molecule has 0 aromatic carbocycles. The van der Waals surface area contributed by atoms with E-state index < -0.39 is 29.3 Å². The van der Waals surface area contributed by atoms with Gasteiger partial charge in [-0.05, 0) is 33.1 Å². The predicted octanol–water partition coefficient (Wildman–Crippen LogP) is 5.18. The molecule has 4 amide bonds. The van der Waals surface area contributed by atoms with E-state index in [-0.39, 0.29) is 45.1 Å². The van der Waals surface area contributed by atoms with Crippen LogP contribution in [0.2, 0.25) is 0 Å². The Balaban J connectivity index is 0.0000302. The molecule has 0 aliphatic rings. The maximum atomic E-state index is 13.0. The van der Waals surface area contributed by atoms with Crippen LogP contribution in [0.4, 0.5) is 0 Å². The molecule has 1 aromatic heterocycles. The van der Waals surface area contributed by atoms with Crippen LogP contribution in [0.25, 0.3) is 0 Å². The van der Waals surface area contributed by atoms with E-state index >= 15 is 0 Å².